The van der Waals surface area contributed by atoms with Gasteiger partial charge in [0.05, 0.1) is 28.9 Å². The molecule has 44 heavy (non-hydrogen) atoms. The van der Waals surface area contributed by atoms with Gasteiger partial charge in [-0.2, -0.15) is 0 Å². The molecule has 5 heteroatoms. The minimum absolute atomic E-state index is 0.0864. The van der Waals surface area contributed by atoms with E-state index in [2.05, 4.69) is 9.97 Å². The van der Waals surface area contributed by atoms with Gasteiger partial charge in [-0.1, -0.05) is 109 Å². The highest BCUT2D eigenvalue weighted by atomic mass is 16.3. The van der Waals surface area contributed by atoms with Gasteiger partial charge in [0.25, 0.3) is 0 Å². The van der Waals surface area contributed by atoms with E-state index in [-0.39, 0.29) is 47.2 Å². The van der Waals surface area contributed by atoms with E-state index in [1.54, 1.807) is 24.3 Å². The van der Waals surface area contributed by atoms with Crippen LogP contribution in [0, 0.1) is 0 Å². The number of hydrogen-bond donors (Lipinski definition) is 0. The highest BCUT2D eigenvalue weighted by Crippen LogP contribution is 2.38. The van der Waals surface area contributed by atoms with Crippen molar-refractivity contribution < 1.29 is 16.8 Å². The van der Waals surface area contributed by atoms with Crippen LogP contribution < -0.4 is 0 Å². The lowest BCUT2D eigenvalue weighted by Gasteiger charge is -2.08. The summed E-state index contributed by atoms with van der Waals surface area (Å²) in [5.41, 5.74) is 3.63. The van der Waals surface area contributed by atoms with E-state index in [1.165, 1.54) is 12.1 Å². The van der Waals surface area contributed by atoms with Crippen LogP contribution in [0.15, 0.2) is 150 Å². The Bertz CT molecular complexity index is 2920. The van der Waals surface area contributed by atoms with Crippen LogP contribution in [0.5, 0.6) is 0 Å². The molecule has 0 bridgehead atoms. The van der Waals surface area contributed by atoms with E-state index in [4.69, 9.17) is 21.7 Å². The van der Waals surface area contributed by atoms with Crippen molar-refractivity contribution in [3.8, 4) is 39.9 Å². The van der Waals surface area contributed by atoms with Gasteiger partial charge in [0, 0.05) is 38.4 Å². The number of aromatic nitrogens is 4. The first-order valence-corrected chi connectivity index (χ1v) is 13.9. The largest absolute Gasteiger partial charge is 0.455 e. The molecule has 0 aliphatic carbocycles. The van der Waals surface area contributed by atoms with Crippen LogP contribution in [-0.2, 0) is 0 Å². The maximum atomic E-state index is 8.82. The van der Waals surface area contributed by atoms with Crippen LogP contribution >= 0.6 is 0 Å². The quantitative estimate of drug-likeness (QED) is 0.210. The van der Waals surface area contributed by atoms with Crippen molar-refractivity contribution in [1.29, 1.82) is 0 Å². The Morgan fingerprint density at radius 1 is 0.523 bits per heavy atom. The van der Waals surface area contributed by atoms with Gasteiger partial charge < -0.3 is 8.98 Å². The number of rotatable bonds is 4. The van der Waals surface area contributed by atoms with E-state index < -0.39 is 30.2 Å². The van der Waals surface area contributed by atoms with Crippen LogP contribution in [0.4, 0.5) is 0 Å². The van der Waals surface area contributed by atoms with Crippen molar-refractivity contribution in [2.45, 2.75) is 0 Å². The molecule has 6 aromatic carbocycles. The van der Waals surface area contributed by atoms with Crippen LogP contribution in [-0.4, -0.2) is 19.5 Å². The monoisotopic (exact) mass is 573 g/mol. The maximum absolute atomic E-state index is 8.82. The molecule has 206 valence electrons. The van der Waals surface area contributed by atoms with Crippen LogP contribution in [0.1, 0.15) is 12.3 Å². The molecule has 0 spiro atoms. The molecule has 0 aliphatic heterocycles. The third-order valence-electron chi connectivity index (χ3n) is 7.66. The predicted molar refractivity (Wildman–Crippen MR) is 178 cm³/mol. The molecule has 0 N–H and O–H groups in total. The van der Waals surface area contributed by atoms with E-state index in [0.717, 1.165) is 5.39 Å². The fourth-order valence-electron chi connectivity index (χ4n) is 5.70. The second kappa shape index (κ2) is 9.75. The van der Waals surface area contributed by atoms with Crippen molar-refractivity contribution >= 4 is 43.7 Å². The Morgan fingerprint density at radius 3 is 1.98 bits per heavy atom. The van der Waals surface area contributed by atoms with Crippen molar-refractivity contribution in [2.75, 3.05) is 0 Å². The average Bonchev–Trinajstić information content (AvgIpc) is 3.69. The number of nitrogens with zero attached hydrogens (tertiary/aromatic N) is 4. The van der Waals surface area contributed by atoms with Gasteiger partial charge in [-0.05, 0) is 36.4 Å². The Balaban J connectivity index is 1.29. The summed E-state index contributed by atoms with van der Waals surface area (Å²) in [6.45, 7) is 0. The topological polar surface area (TPSA) is 56.7 Å². The van der Waals surface area contributed by atoms with E-state index in [9.17, 15) is 0 Å². The Kier molecular flexibility index (Phi) is 3.80. The van der Waals surface area contributed by atoms with E-state index in [1.807, 2.05) is 59.2 Å². The first-order valence-electron chi connectivity index (χ1n) is 18.4. The summed E-state index contributed by atoms with van der Waals surface area (Å²) in [6, 6.07) is 24.5. The fourth-order valence-corrected chi connectivity index (χ4v) is 5.70. The number of fused-ring (bicyclic) bond motifs is 6. The van der Waals surface area contributed by atoms with Crippen LogP contribution in [0.2, 0.25) is 0 Å². The third-order valence-corrected chi connectivity index (χ3v) is 7.66. The highest BCUT2D eigenvalue weighted by molar-refractivity contribution is 6.12. The molecule has 0 unspecified atom stereocenters. The normalized spacial score (nSPS) is 14.5. The lowest BCUT2D eigenvalue weighted by Crippen LogP contribution is -2.00. The van der Waals surface area contributed by atoms with Crippen molar-refractivity contribution in [2.24, 2.45) is 0 Å². The molecule has 0 fully saturated rings. The molecule has 5 nitrogen and oxygen atoms in total. The molecule has 0 radical (unpaired) electrons. The number of hydrogen-bond acceptors (Lipinski definition) is 4. The smallest absolute Gasteiger partial charge is 0.167 e. The third kappa shape index (κ3) is 3.83. The minimum Gasteiger partial charge on any atom is -0.455 e. The first-order chi connectivity index (χ1) is 25.5. The second-order valence-electron chi connectivity index (χ2n) is 10.2. The van der Waals surface area contributed by atoms with Crippen molar-refractivity contribution in [3.05, 3.63) is 145 Å². The zero-order chi connectivity index (χ0) is 36.9. The van der Waals surface area contributed by atoms with Gasteiger partial charge in [0.15, 0.2) is 17.5 Å². The van der Waals surface area contributed by atoms with E-state index in [0.29, 0.717) is 55.2 Å². The lowest BCUT2D eigenvalue weighted by atomic mass is 10.1. The van der Waals surface area contributed by atoms with Crippen molar-refractivity contribution in [1.82, 2.24) is 19.5 Å². The Hall–Kier alpha value is -6.07. The van der Waals surface area contributed by atoms with Gasteiger partial charge in [-0.25, -0.2) is 15.0 Å². The molecular formula is C39H24N4O. The molecule has 0 atom stereocenters. The number of furan rings is 1. The summed E-state index contributed by atoms with van der Waals surface area (Å²) in [6.07, 6.45) is 0. The Labute approximate surface area is 265 Å². The van der Waals surface area contributed by atoms with Gasteiger partial charge >= 0.3 is 0 Å². The van der Waals surface area contributed by atoms with E-state index >= 15 is 0 Å². The molecule has 0 saturated heterocycles. The van der Waals surface area contributed by atoms with Gasteiger partial charge in [-0.3, -0.25) is 0 Å². The molecule has 3 aromatic heterocycles. The first kappa shape index (κ1) is 17.1. The second-order valence-corrected chi connectivity index (χ2v) is 10.2. The maximum Gasteiger partial charge on any atom is 0.167 e. The molecule has 0 aliphatic rings. The Morgan fingerprint density at radius 2 is 1.23 bits per heavy atom. The zero-order valence-electron chi connectivity index (χ0n) is 31.9. The SMILES string of the molecule is [2H]c1cc([2H])c2c(c1)c1cc([2H])cc([2H])c1n2-c1ccc2oc3c(-c4nc(-c5ccccc5)nc(-c5c([2H])c([2H])c([2H])c([2H])c5[2H])n4)cccc3c2c1. The minimum atomic E-state index is -0.520. The summed E-state index contributed by atoms with van der Waals surface area (Å²) < 4.78 is 84.3. The predicted octanol–water partition coefficient (Wildman–Crippen LogP) is 9.87. The summed E-state index contributed by atoms with van der Waals surface area (Å²) in [7, 11) is 0. The molecular weight excluding hydrogens is 540 g/mol. The molecule has 9 aromatic rings. The van der Waals surface area contributed by atoms with Gasteiger partial charge in [0.2, 0.25) is 0 Å². The van der Waals surface area contributed by atoms with Crippen LogP contribution in [0.3, 0.4) is 0 Å². The summed E-state index contributed by atoms with van der Waals surface area (Å²) >= 11 is 0. The van der Waals surface area contributed by atoms with Gasteiger partial charge in [-0.15, -0.1) is 0 Å². The standard InChI is InChI=1S/C39H24N4O/c1-3-12-25(13-4-1)37-40-38(26-14-5-2-6-15-26)42-39(41-37)31-19-11-18-30-32-24-27(22-23-35(32)44-36(30)31)43-33-20-9-7-16-28(33)29-17-8-10-21-34(29)43/h1-24H/i1D,3D,4D,7D,8D,12D,13D,20D,21D. The summed E-state index contributed by atoms with van der Waals surface area (Å²) in [5.74, 6) is 0.322. The van der Waals surface area contributed by atoms with Gasteiger partial charge in [0.1, 0.15) is 11.2 Å². The summed E-state index contributed by atoms with van der Waals surface area (Å²) in [5, 5.41) is 2.66. The number of para-hydroxylation sites is 3. The molecule has 9 rings (SSSR count). The molecule has 0 amide bonds. The van der Waals surface area contributed by atoms with Crippen molar-refractivity contribution in [3.63, 3.8) is 0 Å². The highest BCUT2D eigenvalue weighted by Gasteiger charge is 2.19. The zero-order valence-corrected chi connectivity index (χ0v) is 22.9. The summed E-state index contributed by atoms with van der Waals surface area (Å²) in [4.78, 5) is 14.1. The average molecular weight is 574 g/mol. The molecule has 0 saturated carbocycles. The molecule has 3 heterocycles. The number of benzene rings is 6. The van der Waals surface area contributed by atoms with Crippen LogP contribution in [0.25, 0.3) is 83.6 Å². The lowest BCUT2D eigenvalue weighted by molar-refractivity contribution is 0.669. The fraction of sp³-hybridized carbons (Fsp3) is 0.